The molecule has 0 aliphatic rings. The average molecular weight is 270 g/mol. The minimum Gasteiger partial charge on any atom is -0.382 e. The van der Waals surface area contributed by atoms with E-state index in [2.05, 4.69) is 0 Å². The molecule has 0 bridgehead atoms. The van der Waals surface area contributed by atoms with Gasteiger partial charge in [-0.1, -0.05) is 23.1 Å². The summed E-state index contributed by atoms with van der Waals surface area (Å²) in [5.41, 5.74) is 0.766. The van der Waals surface area contributed by atoms with Crippen LogP contribution in [0.3, 0.4) is 0 Å². The van der Waals surface area contributed by atoms with Crippen molar-refractivity contribution in [1.29, 1.82) is 5.26 Å². The van der Waals surface area contributed by atoms with Crippen LogP contribution in [0.4, 0.5) is 0 Å². The fourth-order valence-electron chi connectivity index (χ4n) is 1.25. The Kier molecular flexibility index (Phi) is 5.74. The predicted octanol–water partition coefficient (Wildman–Crippen LogP) is 0.556. The monoisotopic (exact) mass is 270 g/mol. The van der Waals surface area contributed by atoms with Gasteiger partial charge in [-0.25, -0.2) is 8.42 Å². The Hall–Kier alpha value is -1.46. The minimum atomic E-state index is -3.63. The maximum absolute atomic E-state index is 11.6. The molecular weight excluding hydrogens is 256 g/mol. The van der Waals surface area contributed by atoms with E-state index in [4.69, 9.17) is 14.8 Å². The van der Waals surface area contributed by atoms with E-state index in [0.717, 1.165) is 0 Å². The number of ether oxygens (including phenoxy) is 1. The molecule has 7 heteroatoms. The lowest BCUT2D eigenvalue weighted by molar-refractivity contribution is 0.0438. The number of hydrogen-bond donors (Lipinski definition) is 1. The first-order valence-corrected chi connectivity index (χ1v) is 6.82. The van der Waals surface area contributed by atoms with Gasteiger partial charge in [0.25, 0.3) is 0 Å². The first-order valence-electron chi connectivity index (χ1n) is 5.17. The summed E-state index contributed by atoms with van der Waals surface area (Å²) in [5, 5.41) is 8.85. The van der Waals surface area contributed by atoms with E-state index in [9.17, 15) is 8.42 Å². The van der Waals surface area contributed by atoms with Gasteiger partial charge in [0.15, 0.2) is 0 Å². The number of nitrogens with zero attached hydrogens (tertiary/aromatic N) is 1. The number of nitrogens with one attached hydrogen (secondary N) is 1. The quantitative estimate of drug-likeness (QED) is 0.577. The van der Waals surface area contributed by atoms with E-state index < -0.39 is 10.0 Å². The number of hydrogen-bond acceptors (Lipinski definition) is 5. The first-order chi connectivity index (χ1) is 8.59. The summed E-state index contributed by atoms with van der Waals surface area (Å²) >= 11 is 0. The van der Waals surface area contributed by atoms with Crippen LogP contribution in [-0.2, 0) is 25.4 Å². The molecule has 0 heterocycles. The molecule has 0 aliphatic heterocycles. The molecule has 1 N–H and O–H groups in total. The number of sulfonamides is 1. The Morgan fingerprint density at radius 1 is 1.33 bits per heavy atom. The average Bonchev–Trinajstić information content (AvgIpc) is 2.35. The van der Waals surface area contributed by atoms with Gasteiger partial charge in [0.05, 0.1) is 30.6 Å². The van der Waals surface area contributed by atoms with Crippen molar-refractivity contribution in [3.8, 4) is 6.07 Å². The third kappa shape index (κ3) is 4.81. The van der Waals surface area contributed by atoms with Crippen molar-refractivity contribution in [3.05, 3.63) is 35.4 Å². The van der Waals surface area contributed by atoms with Crippen LogP contribution < -0.4 is 4.89 Å². The zero-order valence-corrected chi connectivity index (χ0v) is 10.7. The molecule has 0 aromatic heterocycles. The standard InChI is InChI=1S/C11H14N2O4S/c1-16-6-7-17-13-18(14,15)9-11-5-3-2-4-10(11)8-12/h2-5,13H,6-7,9H2,1H3. The van der Waals surface area contributed by atoms with Crippen LogP contribution in [0.5, 0.6) is 0 Å². The highest BCUT2D eigenvalue weighted by Gasteiger charge is 2.14. The highest BCUT2D eigenvalue weighted by atomic mass is 32.2. The van der Waals surface area contributed by atoms with Gasteiger partial charge in [-0.3, -0.25) is 4.84 Å². The van der Waals surface area contributed by atoms with Crippen LogP contribution >= 0.6 is 0 Å². The van der Waals surface area contributed by atoms with Gasteiger partial charge in [-0.2, -0.15) is 5.26 Å². The lowest BCUT2D eigenvalue weighted by atomic mass is 10.1. The SMILES string of the molecule is COCCONS(=O)(=O)Cc1ccccc1C#N. The highest BCUT2D eigenvalue weighted by Crippen LogP contribution is 2.10. The van der Waals surface area contributed by atoms with Gasteiger partial charge in [-0.05, 0) is 11.6 Å². The fourth-order valence-corrected chi connectivity index (χ4v) is 2.23. The van der Waals surface area contributed by atoms with E-state index in [1.54, 1.807) is 24.3 Å². The van der Waals surface area contributed by atoms with Gasteiger partial charge in [0.1, 0.15) is 0 Å². The molecule has 0 unspecified atom stereocenters. The Labute approximate surface area is 106 Å². The molecule has 0 radical (unpaired) electrons. The van der Waals surface area contributed by atoms with Crippen LogP contribution in [0.15, 0.2) is 24.3 Å². The molecule has 0 amide bonds. The van der Waals surface area contributed by atoms with Crippen LogP contribution in [0.25, 0.3) is 0 Å². The highest BCUT2D eigenvalue weighted by molar-refractivity contribution is 7.88. The second kappa shape index (κ2) is 7.08. The van der Waals surface area contributed by atoms with Gasteiger partial charge in [-0.15, -0.1) is 0 Å². The zero-order valence-electron chi connectivity index (χ0n) is 9.92. The molecule has 0 spiro atoms. The summed E-state index contributed by atoms with van der Waals surface area (Å²) in [6, 6.07) is 8.45. The number of rotatable bonds is 7. The summed E-state index contributed by atoms with van der Waals surface area (Å²) in [6.45, 7) is 0.410. The zero-order chi connectivity index (χ0) is 13.4. The third-order valence-electron chi connectivity index (χ3n) is 2.06. The van der Waals surface area contributed by atoms with Crippen LogP contribution in [0.2, 0.25) is 0 Å². The summed E-state index contributed by atoms with van der Waals surface area (Å²) in [6.07, 6.45) is 0. The largest absolute Gasteiger partial charge is 0.382 e. The van der Waals surface area contributed by atoms with Gasteiger partial charge in [0, 0.05) is 7.11 Å². The molecule has 1 rings (SSSR count). The lowest BCUT2D eigenvalue weighted by Crippen LogP contribution is -2.27. The number of methoxy groups -OCH3 is 1. The molecular formula is C11H14N2O4S. The summed E-state index contributed by atoms with van der Waals surface area (Å²) in [7, 11) is -2.14. The minimum absolute atomic E-state index is 0.121. The third-order valence-corrected chi connectivity index (χ3v) is 3.12. The number of nitriles is 1. The van der Waals surface area contributed by atoms with Crippen molar-refractivity contribution in [2.45, 2.75) is 5.75 Å². The van der Waals surface area contributed by atoms with Crippen LogP contribution in [-0.4, -0.2) is 28.7 Å². The molecule has 1 aromatic carbocycles. The smallest absolute Gasteiger partial charge is 0.237 e. The normalized spacial score (nSPS) is 11.1. The van der Waals surface area contributed by atoms with E-state index in [-0.39, 0.29) is 19.0 Å². The summed E-state index contributed by atoms with van der Waals surface area (Å²) in [4.78, 5) is 6.72. The van der Waals surface area contributed by atoms with Crippen molar-refractivity contribution in [2.75, 3.05) is 20.3 Å². The topological polar surface area (TPSA) is 88.4 Å². The Morgan fingerprint density at radius 3 is 2.72 bits per heavy atom. The Morgan fingerprint density at radius 2 is 2.06 bits per heavy atom. The van der Waals surface area contributed by atoms with Crippen molar-refractivity contribution in [3.63, 3.8) is 0 Å². The fraction of sp³-hybridized carbons (Fsp3) is 0.364. The molecule has 0 atom stereocenters. The predicted molar refractivity (Wildman–Crippen MR) is 64.7 cm³/mol. The van der Waals surface area contributed by atoms with E-state index in [0.29, 0.717) is 11.1 Å². The second-order valence-electron chi connectivity index (χ2n) is 3.45. The van der Waals surface area contributed by atoms with Crippen LogP contribution in [0, 0.1) is 11.3 Å². The van der Waals surface area contributed by atoms with Gasteiger partial charge in [0.2, 0.25) is 10.0 Å². The molecule has 0 fully saturated rings. The first kappa shape index (κ1) is 14.6. The van der Waals surface area contributed by atoms with Gasteiger partial charge >= 0.3 is 0 Å². The molecule has 98 valence electrons. The van der Waals surface area contributed by atoms with Crippen molar-refractivity contribution < 1.29 is 18.0 Å². The summed E-state index contributed by atoms with van der Waals surface area (Å²) in [5.74, 6) is -0.302. The van der Waals surface area contributed by atoms with Crippen molar-refractivity contribution in [2.24, 2.45) is 0 Å². The lowest BCUT2D eigenvalue weighted by Gasteiger charge is -2.07. The second-order valence-corrected chi connectivity index (χ2v) is 5.14. The van der Waals surface area contributed by atoms with Crippen LogP contribution in [0.1, 0.15) is 11.1 Å². The molecule has 1 aromatic rings. The van der Waals surface area contributed by atoms with Crippen molar-refractivity contribution in [1.82, 2.24) is 4.89 Å². The number of benzene rings is 1. The summed E-state index contributed by atoms with van der Waals surface area (Å²) < 4.78 is 28.0. The maximum Gasteiger partial charge on any atom is 0.237 e. The molecule has 0 saturated heterocycles. The molecule has 18 heavy (non-hydrogen) atoms. The van der Waals surface area contributed by atoms with E-state index >= 15 is 0 Å². The maximum atomic E-state index is 11.6. The molecule has 0 saturated carbocycles. The van der Waals surface area contributed by atoms with Crippen molar-refractivity contribution >= 4 is 10.0 Å². The molecule has 6 nitrogen and oxygen atoms in total. The van der Waals surface area contributed by atoms with E-state index in [1.165, 1.54) is 7.11 Å². The van der Waals surface area contributed by atoms with Gasteiger partial charge < -0.3 is 4.74 Å². The Bertz CT molecular complexity index is 522. The van der Waals surface area contributed by atoms with E-state index in [1.807, 2.05) is 11.0 Å². The molecule has 0 aliphatic carbocycles. The Balaban J connectivity index is 2.63.